The maximum absolute atomic E-state index is 12.4. The van der Waals surface area contributed by atoms with Crippen LogP contribution in [0.5, 0.6) is 0 Å². The fourth-order valence-electron chi connectivity index (χ4n) is 3.61. The number of benzene rings is 1. The molecule has 4 rings (SSSR count). The number of carbonyl (C=O) groups is 1. The highest BCUT2D eigenvalue weighted by Gasteiger charge is 2.25. The summed E-state index contributed by atoms with van der Waals surface area (Å²) in [6, 6.07) is 10.9. The summed E-state index contributed by atoms with van der Waals surface area (Å²) in [5.74, 6) is 0.886. The number of pyridine rings is 1. The summed E-state index contributed by atoms with van der Waals surface area (Å²) in [7, 11) is 0. The summed E-state index contributed by atoms with van der Waals surface area (Å²) in [5.41, 5.74) is 4.83. The number of carbonyl (C=O) groups excluding carboxylic acids is 1. The quantitative estimate of drug-likeness (QED) is 0.912. The predicted octanol–water partition coefficient (Wildman–Crippen LogP) is 3.21. The molecular weight excluding hydrogens is 310 g/mol. The molecule has 1 N–H and O–H groups in total. The minimum Gasteiger partial charge on any atom is -0.368 e. The molecule has 2 aromatic rings. The Morgan fingerprint density at radius 1 is 1.20 bits per heavy atom. The SMILES string of the molecule is Cc1cncc(N2CCC(NC(=O)Cc3ccc(C4CC4)cc3)C2)c1. The van der Waals surface area contributed by atoms with Crippen LogP contribution < -0.4 is 10.2 Å². The van der Waals surface area contributed by atoms with Gasteiger partial charge in [0.15, 0.2) is 0 Å². The lowest BCUT2D eigenvalue weighted by atomic mass is 10.1. The summed E-state index contributed by atoms with van der Waals surface area (Å²) in [4.78, 5) is 18.9. The highest BCUT2D eigenvalue weighted by atomic mass is 16.1. The van der Waals surface area contributed by atoms with Crippen LogP contribution in [0.3, 0.4) is 0 Å². The van der Waals surface area contributed by atoms with E-state index < -0.39 is 0 Å². The third-order valence-electron chi connectivity index (χ3n) is 5.17. The lowest BCUT2D eigenvalue weighted by Gasteiger charge is -2.19. The molecule has 1 aliphatic carbocycles. The van der Waals surface area contributed by atoms with E-state index in [0.29, 0.717) is 6.42 Å². The monoisotopic (exact) mass is 335 g/mol. The molecule has 25 heavy (non-hydrogen) atoms. The van der Waals surface area contributed by atoms with Crippen molar-refractivity contribution in [1.82, 2.24) is 10.3 Å². The maximum atomic E-state index is 12.4. The van der Waals surface area contributed by atoms with Crippen molar-refractivity contribution in [2.75, 3.05) is 18.0 Å². The summed E-state index contributed by atoms with van der Waals surface area (Å²) in [5, 5.41) is 3.19. The van der Waals surface area contributed by atoms with Gasteiger partial charge in [-0.25, -0.2) is 0 Å². The van der Waals surface area contributed by atoms with Gasteiger partial charge in [-0.2, -0.15) is 0 Å². The van der Waals surface area contributed by atoms with Crippen molar-refractivity contribution in [2.24, 2.45) is 0 Å². The van der Waals surface area contributed by atoms with Crippen molar-refractivity contribution in [3.05, 3.63) is 59.4 Å². The first-order valence-electron chi connectivity index (χ1n) is 9.22. The molecule has 1 atom stereocenters. The van der Waals surface area contributed by atoms with Crippen LogP contribution in [-0.4, -0.2) is 30.0 Å². The number of hydrogen-bond acceptors (Lipinski definition) is 3. The highest BCUT2D eigenvalue weighted by Crippen LogP contribution is 2.39. The minimum absolute atomic E-state index is 0.119. The number of nitrogens with zero attached hydrogens (tertiary/aromatic N) is 2. The molecule has 1 amide bonds. The van der Waals surface area contributed by atoms with E-state index in [1.54, 1.807) is 0 Å². The molecule has 0 bridgehead atoms. The van der Waals surface area contributed by atoms with Crippen LogP contribution in [0.2, 0.25) is 0 Å². The van der Waals surface area contributed by atoms with E-state index >= 15 is 0 Å². The molecule has 1 aromatic heterocycles. The summed E-state index contributed by atoms with van der Waals surface area (Å²) < 4.78 is 0. The van der Waals surface area contributed by atoms with Crippen molar-refractivity contribution < 1.29 is 4.79 Å². The van der Waals surface area contributed by atoms with Gasteiger partial charge >= 0.3 is 0 Å². The first-order chi connectivity index (χ1) is 12.2. The lowest BCUT2D eigenvalue weighted by Crippen LogP contribution is -2.38. The number of aryl methyl sites for hydroxylation is 1. The van der Waals surface area contributed by atoms with E-state index in [0.717, 1.165) is 36.7 Å². The zero-order valence-electron chi connectivity index (χ0n) is 14.7. The zero-order valence-corrected chi connectivity index (χ0v) is 14.7. The Morgan fingerprint density at radius 2 is 2.00 bits per heavy atom. The van der Waals surface area contributed by atoms with Gasteiger partial charge in [-0.05, 0) is 54.9 Å². The second-order valence-electron chi connectivity index (χ2n) is 7.41. The Kier molecular flexibility index (Phi) is 4.43. The van der Waals surface area contributed by atoms with Crippen molar-refractivity contribution in [1.29, 1.82) is 0 Å². The molecule has 0 radical (unpaired) electrons. The van der Waals surface area contributed by atoms with Gasteiger partial charge in [0.1, 0.15) is 0 Å². The number of anilines is 1. The van der Waals surface area contributed by atoms with Crippen LogP contribution >= 0.6 is 0 Å². The number of amides is 1. The number of hydrogen-bond donors (Lipinski definition) is 1. The van der Waals surface area contributed by atoms with Crippen molar-refractivity contribution >= 4 is 11.6 Å². The van der Waals surface area contributed by atoms with E-state index in [4.69, 9.17) is 0 Å². The highest BCUT2D eigenvalue weighted by molar-refractivity contribution is 5.79. The Bertz CT molecular complexity index is 752. The van der Waals surface area contributed by atoms with Gasteiger partial charge in [-0.3, -0.25) is 9.78 Å². The van der Waals surface area contributed by atoms with Crippen LogP contribution in [-0.2, 0) is 11.2 Å². The lowest BCUT2D eigenvalue weighted by molar-refractivity contribution is -0.121. The normalized spacial score (nSPS) is 19.9. The molecule has 1 saturated heterocycles. The molecule has 4 nitrogen and oxygen atoms in total. The van der Waals surface area contributed by atoms with E-state index in [9.17, 15) is 4.79 Å². The minimum atomic E-state index is 0.119. The molecule has 2 fully saturated rings. The fraction of sp³-hybridized carbons (Fsp3) is 0.429. The first-order valence-corrected chi connectivity index (χ1v) is 9.22. The van der Waals surface area contributed by atoms with Crippen LogP contribution in [0, 0.1) is 6.92 Å². The summed E-state index contributed by atoms with van der Waals surface area (Å²) in [6.07, 6.45) is 7.85. The second kappa shape index (κ2) is 6.87. The Labute approximate surface area is 149 Å². The molecule has 1 aliphatic heterocycles. The van der Waals surface area contributed by atoms with Gasteiger partial charge in [-0.1, -0.05) is 24.3 Å². The average Bonchev–Trinajstić information content (AvgIpc) is 3.35. The molecule has 1 unspecified atom stereocenters. The van der Waals surface area contributed by atoms with Crippen molar-refractivity contribution in [2.45, 2.75) is 44.6 Å². The predicted molar refractivity (Wildman–Crippen MR) is 99.9 cm³/mol. The largest absolute Gasteiger partial charge is 0.368 e. The molecular formula is C21H25N3O. The number of aromatic nitrogens is 1. The van der Waals surface area contributed by atoms with E-state index in [-0.39, 0.29) is 11.9 Å². The van der Waals surface area contributed by atoms with Crippen molar-refractivity contribution in [3.8, 4) is 0 Å². The van der Waals surface area contributed by atoms with Gasteiger partial charge in [0, 0.05) is 25.3 Å². The van der Waals surface area contributed by atoms with Gasteiger partial charge in [0.2, 0.25) is 5.91 Å². The molecule has 4 heteroatoms. The van der Waals surface area contributed by atoms with E-state index in [2.05, 4.69) is 52.5 Å². The summed E-state index contributed by atoms with van der Waals surface area (Å²) in [6.45, 7) is 3.88. The third kappa shape index (κ3) is 4.01. The number of rotatable bonds is 5. The molecule has 2 aliphatic rings. The smallest absolute Gasteiger partial charge is 0.224 e. The second-order valence-corrected chi connectivity index (χ2v) is 7.41. The Morgan fingerprint density at radius 3 is 2.72 bits per heavy atom. The first kappa shape index (κ1) is 16.1. The average molecular weight is 335 g/mol. The molecule has 2 heterocycles. The van der Waals surface area contributed by atoms with E-state index in [1.807, 2.05) is 12.4 Å². The molecule has 0 spiro atoms. The Hall–Kier alpha value is -2.36. The van der Waals surface area contributed by atoms with Gasteiger partial charge in [0.25, 0.3) is 0 Å². The zero-order chi connectivity index (χ0) is 17.2. The van der Waals surface area contributed by atoms with Crippen LogP contribution in [0.15, 0.2) is 42.7 Å². The number of nitrogens with one attached hydrogen (secondary N) is 1. The maximum Gasteiger partial charge on any atom is 0.224 e. The van der Waals surface area contributed by atoms with Crippen LogP contribution in [0.4, 0.5) is 5.69 Å². The topological polar surface area (TPSA) is 45.2 Å². The molecule has 1 aromatic carbocycles. The Balaban J connectivity index is 1.29. The van der Waals surface area contributed by atoms with Gasteiger partial charge in [-0.15, -0.1) is 0 Å². The molecule has 1 saturated carbocycles. The standard InChI is InChI=1S/C21H25N3O/c1-15-10-20(13-22-12-15)24-9-8-19(14-24)23-21(25)11-16-2-4-17(5-3-16)18-6-7-18/h2-5,10,12-13,18-19H,6-9,11,14H2,1H3,(H,23,25). The van der Waals surface area contributed by atoms with Gasteiger partial charge < -0.3 is 10.2 Å². The summed E-state index contributed by atoms with van der Waals surface area (Å²) >= 11 is 0. The van der Waals surface area contributed by atoms with E-state index in [1.165, 1.54) is 24.0 Å². The fourth-order valence-corrected chi connectivity index (χ4v) is 3.61. The van der Waals surface area contributed by atoms with Gasteiger partial charge in [0.05, 0.1) is 18.3 Å². The molecule has 130 valence electrons. The van der Waals surface area contributed by atoms with Crippen LogP contribution in [0.25, 0.3) is 0 Å². The third-order valence-corrected chi connectivity index (χ3v) is 5.17. The van der Waals surface area contributed by atoms with Crippen molar-refractivity contribution in [3.63, 3.8) is 0 Å². The van der Waals surface area contributed by atoms with Crippen LogP contribution in [0.1, 0.15) is 41.9 Å².